The van der Waals surface area contributed by atoms with Gasteiger partial charge in [-0.1, -0.05) is 48.9 Å². The fourth-order valence-corrected chi connectivity index (χ4v) is 5.52. The van der Waals surface area contributed by atoms with Crippen molar-refractivity contribution in [1.29, 1.82) is 0 Å². The van der Waals surface area contributed by atoms with Crippen molar-refractivity contribution in [1.82, 2.24) is 4.72 Å². The molecule has 0 saturated carbocycles. The van der Waals surface area contributed by atoms with Crippen LogP contribution in [0.5, 0.6) is 0 Å². The van der Waals surface area contributed by atoms with Gasteiger partial charge in [-0.2, -0.15) is 0 Å². The molecule has 0 saturated heterocycles. The summed E-state index contributed by atoms with van der Waals surface area (Å²) in [6.07, 6.45) is 6.09. The largest absolute Gasteiger partial charge is 0.378 e. The first kappa shape index (κ1) is 18.5. The summed E-state index contributed by atoms with van der Waals surface area (Å²) in [5.74, 6) is 0.503. The van der Waals surface area contributed by atoms with Gasteiger partial charge in [0.05, 0.1) is 10.9 Å². The molecule has 2 aromatic rings. The molecule has 1 heterocycles. The summed E-state index contributed by atoms with van der Waals surface area (Å²) in [7, 11) is -3.48. The van der Waals surface area contributed by atoms with Gasteiger partial charge in [0.15, 0.2) is 0 Å². The summed E-state index contributed by atoms with van der Waals surface area (Å²) in [5.41, 5.74) is 3.10. The Morgan fingerprint density at radius 1 is 1.19 bits per heavy atom. The molecule has 1 aliphatic heterocycles. The lowest BCUT2D eigenvalue weighted by Crippen LogP contribution is -2.30. The monoisotopic (exact) mass is 402 g/mol. The molecule has 0 fully saturated rings. The van der Waals surface area contributed by atoms with Gasteiger partial charge in [-0.05, 0) is 54.2 Å². The second kappa shape index (κ2) is 7.30. The number of hydrogen-bond donors (Lipinski definition) is 2. The highest BCUT2D eigenvalue weighted by molar-refractivity contribution is 7.89. The van der Waals surface area contributed by atoms with E-state index in [4.69, 9.17) is 11.6 Å². The third-order valence-corrected chi connectivity index (χ3v) is 7.23. The first-order valence-electron chi connectivity index (χ1n) is 9.32. The van der Waals surface area contributed by atoms with Crippen LogP contribution in [0.1, 0.15) is 42.9 Å². The summed E-state index contributed by atoms with van der Waals surface area (Å²) in [6, 6.07) is 13.4. The minimum Gasteiger partial charge on any atom is -0.378 e. The SMILES string of the molecule is CCCNS(=O)(=O)c1ccc2c(c1)C1C=CCC1C(c1ccccc1Cl)N2. The lowest BCUT2D eigenvalue weighted by molar-refractivity contribution is 0.425. The first-order valence-corrected chi connectivity index (χ1v) is 11.2. The van der Waals surface area contributed by atoms with Crippen LogP contribution in [0.2, 0.25) is 5.02 Å². The molecule has 6 heteroatoms. The Morgan fingerprint density at radius 3 is 2.78 bits per heavy atom. The highest BCUT2D eigenvalue weighted by Crippen LogP contribution is 2.51. The molecule has 1 aliphatic carbocycles. The van der Waals surface area contributed by atoms with Crippen molar-refractivity contribution in [2.75, 3.05) is 11.9 Å². The molecule has 2 aromatic carbocycles. The van der Waals surface area contributed by atoms with Gasteiger partial charge in [0.1, 0.15) is 0 Å². The number of halogens is 1. The quantitative estimate of drug-likeness (QED) is 0.702. The van der Waals surface area contributed by atoms with Crippen molar-refractivity contribution in [3.8, 4) is 0 Å². The summed E-state index contributed by atoms with van der Waals surface area (Å²) in [5, 5.41) is 4.36. The van der Waals surface area contributed by atoms with E-state index in [1.807, 2.05) is 37.3 Å². The van der Waals surface area contributed by atoms with Crippen molar-refractivity contribution < 1.29 is 8.42 Å². The normalized spacial score (nSPS) is 23.6. The van der Waals surface area contributed by atoms with Gasteiger partial charge in [-0.25, -0.2) is 13.1 Å². The Hall–Kier alpha value is -1.82. The average Bonchev–Trinajstić information content (AvgIpc) is 3.16. The van der Waals surface area contributed by atoms with Crippen LogP contribution < -0.4 is 10.0 Å². The lowest BCUT2D eigenvalue weighted by atomic mass is 9.77. The highest BCUT2D eigenvalue weighted by Gasteiger charge is 2.39. The molecule has 0 radical (unpaired) electrons. The standard InChI is InChI=1S/C21H23ClN2O2S/c1-2-12-23-27(25,26)14-10-11-20-18(13-14)15-7-5-8-16(15)21(24-20)17-6-3-4-9-19(17)22/h3-7,9-11,13,15-16,21,23-24H,2,8,12H2,1H3. The van der Waals surface area contributed by atoms with E-state index in [-0.39, 0.29) is 12.0 Å². The number of anilines is 1. The van der Waals surface area contributed by atoms with Gasteiger partial charge in [0.25, 0.3) is 0 Å². The van der Waals surface area contributed by atoms with Crippen LogP contribution in [-0.2, 0) is 10.0 Å². The van der Waals surface area contributed by atoms with E-state index in [9.17, 15) is 8.42 Å². The number of benzene rings is 2. The van der Waals surface area contributed by atoms with Crippen LogP contribution in [-0.4, -0.2) is 15.0 Å². The van der Waals surface area contributed by atoms with E-state index >= 15 is 0 Å². The van der Waals surface area contributed by atoms with E-state index in [1.165, 1.54) is 0 Å². The van der Waals surface area contributed by atoms with Gasteiger partial charge >= 0.3 is 0 Å². The molecule has 27 heavy (non-hydrogen) atoms. The number of sulfonamides is 1. The van der Waals surface area contributed by atoms with Crippen molar-refractivity contribution in [3.63, 3.8) is 0 Å². The van der Waals surface area contributed by atoms with Crippen molar-refractivity contribution >= 4 is 27.3 Å². The summed E-state index contributed by atoms with van der Waals surface area (Å²) < 4.78 is 27.7. The molecule has 0 spiro atoms. The third kappa shape index (κ3) is 3.40. The maximum Gasteiger partial charge on any atom is 0.240 e. The summed E-state index contributed by atoms with van der Waals surface area (Å²) in [6.45, 7) is 2.39. The zero-order valence-electron chi connectivity index (χ0n) is 15.2. The predicted molar refractivity (Wildman–Crippen MR) is 110 cm³/mol. The third-order valence-electron chi connectivity index (χ3n) is 5.43. The fourth-order valence-electron chi connectivity index (χ4n) is 4.09. The van der Waals surface area contributed by atoms with E-state index in [2.05, 4.69) is 28.3 Å². The minimum absolute atomic E-state index is 0.104. The van der Waals surface area contributed by atoms with Gasteiger partial charge in [0.2, 0.25) is 10.0 Å². The molecule has 2 aliphatic rings. The summed E-state index contributed by atoms with van der Waals surface area (Å²) >= 11 is 6.46. The number of hydrogen-bond acceptors (Lipinski definition) is 3. The van der Waals surface area contributed by atoms with Gasteiger partial charge in [0, 0.05) is 23.2 Å². The Bertz CT molecular complexity index is 987. The Morgan fingerprint density at radius 2 is 2.00 bits per heavy atom. The molecule has 0 amide bonds. The topological polar surface area (TPSA) is 58.2 Å². The van der Waals surface area contributed by atoms with Crippen LogP contribution in [0.4, 0.5) is 5.69 Å². The minimum atomic E-state index is -3.48. The van der Waals surface area contributed by atoms with Crippen molar-refractivity contribution in [2.24, 2.45) is 5.92 Å². The maximum atomic E-state index is 12.5. The number of fused-ring (bicyclic) bond motifs is 3. The van der Waals surface area contributed by atoms with E-state index in [1.54, 1.807) is 6.07 Å². The van der Waals surface area contributed by atoms with E-state index in [0.29, 0.717) is 17.4 Å². The van der Waals surface area contributed by atoms with Crippen molar-refractivity contribution in [2.45, 2.75) is 36.6 Å². The molecule has 4 rings (SSSR count). The van der Waals surface area contributed by atoms with Crippen LogP contribution >= 0.6 is 11.6 Å². The number of allylic oxidation sites excluding steroid dienone is 2. The van der Waals surface area contributed by atoms with Gasteiger partial charge in [-0.3, -0.25) is 0 Å². The maximum absolute atomic E-state index is 12.5. The van der Waals surface area contributed by atoms with Crippen molar-refractivity contribution in [3.05, 3.63) is 70.8 Å². The summed E-state index contributed by atoms with van der Waals surface area (Å²) in [4.78, 5) is 0.326. The highest BCUT2D eigenvalue weighted by atomic mass is 35.5. The lowest BCUT2D eigenvalue weighted by Gasteiger charge is -2.38. The Balaban J connectivity index is 1.73. The van der Waals surface area contributed by atoms with Crippen LogP contribution in [0, 0.1) is 5.92 Å². The number of nitrogens with one attached hydrogen (secondary N) is 2. The van der Waals surface area contributed by atoms with Crippen LogP contribution in [0.15, 0.2) is 59.5 Å². The number of rotatable bonds is 5. The van der Waals surface area contributed by atoms with Crippen LogP contribution in [0.25, 0.3) is 0 Å². The fraction of sp³-hybridized carbons (Fsp3) is 0.333. The zero-order chi connectivity index (χ0) is 19.0. The van der Waals surface area contributed by atoms with Gasteiger partial charge < -0.3 is 5.32 Å². The molecule has 2 N–H and O–H groups in total. The second-order valence-electron chi connectivity index (χ2n) is 7.14. The molecular formula is C21H23ClN2O2S. The molecular weight excluding hydrogens is 380 g/mol. The Kier molecular flexibility index (Phi) is 5.01. The smallest absolute Gasteiger partial charge is 0.240 e. The van der Waals surface area contributed by atoms with E-state index < -0.39 is 10.0 Å². The first-order chi connectivity index (χ1) is 13.0. The molecule has 0 bridgehead atoms. The average molecular weight is 403 g/mol. The molecule has 4 nitrogen and oxygen atoms in total. The molecule has 3 atom stereocenters. The Labute approximate surface area is 165 Å². The van der Waals surface area contributed by atoms with Crippen LogP contribution in [0.3, 0.4) is 0 Å². The molecule has 0 aromatic heterocycles. The van der Waals surface area contributed by atoms with Gasteiger partial charge in [-0.15, -0.1) is 0 Å². The molecule has 3 unspecified atom stereocenters. The second-order valence-corrected chi connectivity index (χ2v) is 9.32. The molecule has 142 valence electrons. The zero-order valence-corrected chi connectivity index (χ0v) is 16.7. The van der Waals surface area contributed by atoms with E-state index in [0.717, 1.165) is 34.7 Å². The predicted octanol–water partition coefficient (Wildman–Crippen LogP) is 4.85.